The lowest BCUT2D eigenvalue weighted by atomic mass is 10.0. The lowest BCUT2D eigenvalue weighted by molar-refractivity contribution is 0.513. The average Bonchev–Trinajstić information content (AvgIpc) is 2.14. The van der Waals surface area contributed by atoms with Crippen molar-refractivity contribution in [3.63, 3.8) is 0 Å². The highest BCUT2D eigenvalue weighted by Crippen LogP contribution is 2.33. The van der Waals surface area contributed by atoms with Crippen LogP contribution in [0.5, 0.6) is 0 Å². The third-order valence-corrected chi connectivity index (χ3v) is 4.62. The van der Waals surface area contributed by atoms with Gasteiger partial charge in [0, 0.05) is 0 Å². The van der Waals surface area contributed by atoms with Crippen LogP contribution in [0.1, 0.15) is 58.3 Å². The quantitative estimate of drug-likeness (QED) is 0.471. The van der Waals surface area contributed by atoms with Gasteiger partial charge in [0.05, 0.1) is 0 Å². The minimum atomic E-state index is 0. The molecule has 0 N–H and O–H groups in total. The van der Waals surface area contributed by atoms with E-state index in [1.54, 1.807) is 12.8 Å². The molecular weight excluding hydrogens is 199 g/mol. The van der Waals surface area contributed by atoms with Crippen molar-refractivity contribution in [1.82, 2.24) is 0 Å². The van der Waals surface area contributed by atoms with Gasteiger partial charge in [-0.2, -0.15) is 0 Å². The number of unbranched alkanes of at least 4 members (excludes halogenated alkanes) is 2. The van der Waals surface area contributed by atoms with Crippen molar-refractivity contribution >= 4 is 21.0 Å². The van der Waals surface area contributed by atoms with Crippen LogP contribution in [0.3, 0.4) is 0 Å². The highest BCUT2D eigenvalue weighted by molar-refractivity contribution is 7.38. The Labute approximate surface area is 91.5 Å². The first-order valence-electron chi connectivity index (χ1n) is 5.67. The highest BCUT2D eigenvalue weighted by Gasteiger charge is 2.11. The predicted molar refractivity (Wildman–Crippen MR) is 66.8 cm³/mol. The summed E-state index contributed by atoms with van der Waals surface area (Å²) < 4.78 is 0. The Balaban J connectivity index is 0.00000144. The van der Waals surface area contributed by atoms with Gasteiger partial charge in [0.1, 0.15) is 0 Å². The largest absolute Gasteiger partial charge is 0.147 e. The van der Waals surface area contributed by atoms with Crippen LogP contribution in [0.25, 0.3) is 0 Å². The first-order valence-corrected chi connectivity index (χ1v) is 6.95. The van der Waals surface area contributed by atoms with E-state index in [1.807, 2.05) is 0 Å². The number of hydrogen-bond acceptors (Lipinski definition) is 0. The highest BCUT2D eigenvalue weighted by atomic mass is 35.5. The molecule has 0 amide bonds. The molecule has 1 saturated carbocycles. The first kappa shape index (κ1) is 13.7. The Morgan fingerprint density at radius 2 is 1.77 bits per heavy atom. The summed E-state index contributed by atoms with van der Waals surface area (Å²) in [5.74, 6) is 0. The van der Waals surface area contributed by atoms with E-state index in [0.717, 1.165) is 5.66 Å². The van der Waals surface area contributed by atoms with Gasteiger partial charge in [-0.25, -0.2) is 0 Å². The Bertz CT molecular complexity index is 100. The summed E-state index contributed by atoms with van der Waals surface area (Å²) >= 11 is 0. The van der Waals surface area contributed by atoms with E-state index < -0.39 is 0 Å². The van der Waals surface area contributed by atoms with E-state index in [-0.39, 0.29) is 12.4 Å². The molecular formula is C11H24ClP. The van der Waals surface area contributed by atoms with Gasteiger partial charge in [0.25, 0.3) is 0 Å². The molecule has 0 aromatic heterocycles. The third-order valence-electron chi connectivity index (χ3n) is 2.82. The van der Waals surface area contributed by atoms with Gasteiger partial charge < -0.3 is 0 Å². The van der Waals surface area contributed by atoms with Crippen LogP contribution in [0.15, 0.2) is 0 Å². The van der Waals surface area contributed by atoms with E-state index >= 15 is 0 Å². The average molecular weight is 223 g/mol. The van der Waals surface area contributed by atoms with Gasteiger partial charge >= 0.3 is 0 Å². The molecule has 0 aromatic carbocycles. The molecule has 1 aliphatic rings. The first-order chi connectivity index (χ1) is 5.93. The van der Waals surface area contributed by atoms with Gasteiger partial charge in [-0.3, -0.25) is 0 Å². The lowest BCUT2D eigenvalue weighted by Gasteiger charge is -2.21. The monoisotopic (exact) mass is 222 g/mol. The van der Waals surface area contributed by atoms with Crippen molar-refractivity contribution in [1.29, 1.82) is 0 Å². The van der Waals surface area contributed by atoms with E-state index in [1.165, 1.54) is 53.3 Å². The summed E-state index contributed by atoms with van der Waals surface area (Å²) in [6, 6.07) is 0. The minimum Gasteiger partial charge on any atom is -0.147 e. The Morgan fingerprint density at radius 1 is 1.08 bits per heavy atom. The third kappa shape index (κ3) is 6.75. The van der Waals surface area contributed by atoms with Crippen LogP contribution in [0.4, 0.5) is 0 Å². The molecule has 0 aliphatic heterocycles. The topological polar surface area (TPSA) is 0 Å². The summed E-state index contributed by atoms with van der Waals surface area (Å²) in [6.07, 6.45) is 13.5. The SMILES string of the molecule is CCCCCPC1CCCCC1.Cl. The van der Waals surface area contributed by atoms with E-state index in [0.29, 0.717) is 0 Å². The second-order valence-corrected chi connectivity index (χ2v) is 5.72. The van der Waals surface area contributed by atoms with Gasteiger partial charge in [-0.1, -0.05) is 39.0 Å². The molecule has 2 heteroatoms. The minimum absolute atomic E-state index is 0. The van der Waals surface area contributed by atoms with Crippen molar-refractivity contribution < 1.29 is 0 Å². The Morgan fingerprint density at radius 3 is 2.38 bits per heavy atom. The molecule has 1 unspecified atom stereocenters. The number of hydrogen-bond donors (Lipinski definition) is 0. The maximum Gasteiger partial charge on any atom is -0.0237 e. The summed E-state index contributed by atoms with van der Waals surface area (Å²) in [4.78, 5) is 0. The molecule has 0 heterocycles. The van der Waals surface area contributed by atoms with Crippen LogP contribution in [-0.4, -0.2) is 11.8 Å². The molecule has 1 atom stereocenters. The zero-order valence-corrected chi connectivity index (χ0v) is 10.7. The number of rotatable bonds is 5. The summed E-state index contributed by atoms with van der Waals surface area (Å²) in [5, 5.41) is 0. The smallest absolute Gasteiger partial charge is 0.0237 e. The summed E-state index contributed by atoms with van der Waals surface area (Å²) in [7, 11) is 1.29. The lowest BCUT2D eigenvalue weighted by Crippen LogP contribution is -2.06. The summed E-state index contributed by atoms with van der Waals surface area (Å²) in [6.45, 7) is 2.30. The zero-order valence-electron chi connectivity index (χ0n) is 8.85. The maximum atomic E-state index is 2.30. The second kappa shape index (κ2) is 9.28. The molecule has 1 fully saturated rings. The van der Waals surface area contributed by atoms with Crippen LogP contribution in [0.2, 0.25) is 0 Å². The van der Waals surface area contributed by atoms with Crippen LogP contribution in [-0.2, 0) is 0 Å². The molecule has 1 rings (SSSR count). The number of halogens is 1. The standard InChI is InChI=1S/C11H23P.ClH/c1-2-3-7-10-12-11-8-5-4-6-9-11;/h11-12H,2-10H2,1H3;1H. The predicted octanol–water partition coefficient (Wildman–Crippen LogP) is 4.61. The molecule has 0 radical (unpaired) electrons. The van der Waals surface area contributed by atoms with Crippen molar-refractivity contribution in [3.8, 4) is 0 Å². The van der Waals surface area contributed by atoms with Crippen molar-refractivity contribution in [2.75, 3.05) is 6.16 Å². The molecule has 0 nitrogen and oxygen atoms in total. The van der Waals surface area contributed by atoms with E-state index in [9.17, 15) is 0 Å². The Hall–Kier alpha value is 0.720. The molecule has 13 heavy (non-hydrogen) atoms. The van der Waals surface area contributed by atoms with Crippen LogP contribution in [0, 0.1) is 0 Å². The fraction of sp³-hybridized carbons (Fsp3) is 1.00. The fourth-order valence-corrected chi connectivity index (χ4v) is 3.67. The normalized spacial score (nSPS) is 19.2. The van der Waals surface area contributed by atoms with Crippen molar-refractivity contribution in [3.05, 3.63) is 0 Å². The molecule has 0 saturated heterocycles. The molecule has 80 valence electrons. The van der Waals surface area contributed by atoms with Gasteiger partial charge in [0.2, 0.25) is 0 Å². The molecule has 1 aliphatic carbocycles. The molecule has 0 bridgehead atoms. The van der Waals surface area contributed by atoms with Gasteiger partial charge in [-0.05, 0) is 31.1 Å². The molecule has 0 aromatic rings. The van der Waals surface area contributed by atoms with E-state index in [4.69, 9.17) is 0 Å². The van der Waals surface area contributed by atoms with Crippen molar-refractivity contribution in [2.45, 2.75) is 63.9 Å². The summed E-state index contributed by atoms with van der Waals surface area (Å²) in [5.41, 5.74) is 1.13. The van der Waals surface area contributed by atoms with Crippen LogP contribution >= 0.6 is 21.0 Å². The van der Waals surface area contributed by atoms with Crippen molar-refractivity contribution in [2.24, 2.45) is 0 Å². The zero-order chi connectivity index (χ0) is 8.65. The molecule has 0 spiro atoms. The van der Waals surface area contributed by atoms with Crippen LogP contribution < -0.4 is 0 Å². The fourth-order valence-electron chi connectivity index (χ4n) is 1.99. The van der Waals surface area contributed by atoms with Gasteiger partial charge in [-0.15, -0.1) is 21.0 Å². The van der Waals surface area contributed by atoms with E-state index in [2.05, 4.69) is 6.92 Å². The van der Waals surface area contributed by atoms with Gasteiger partial charge in [0.15, 0.2) is 0 Å². The Kier molecular flexibility index (Phi) is 9.80. The maximum absolute atomic E-state index is 2.30. The second-order valence-electron chi connectivity index (χ2n) is 4.00.